The number of carbonyl (C=O) groups excluding carboxylic acids is 3. The van der Waals surface area contributed by atoms with E-state index in [9.17, 15) is 14.4 Å². The summed E-state index contributed by atoms with van der Waals surface area (Å²) in [7, 11) is 0. The van der Waals surface area contributed by atoms with E-state index in [1.54, 1.807) is 0 Å². The molecule has 1 unspecified atom stereocenters. The van der Waals surface area contributed by atoms with Gasteiger partial charge in [0.15, 0.2) is 6.10 Å². The number of ether oxygens (including phenoxy) is 3. The zero-order chi connectivity index (χ0) is 47.9. The zero-order valence-corrected chi connectivity index (χ0v) is 43.7. The lowest BCUT2D eigenvalue weighted by Crippen LogP contribution is -2.30. The van der Waals surface area contributed by atoms with Crippen LogP contribution in [0.15, 0.2) is 60.8 Å². The lowest BCUT2D eigenvalue weighted by atomic mass is 10.0. The summed E-state index contributed by atoms with van der Waals surface area (Å²) in [6.45, 7) is 6.46. The molecule has 1 atom stereocenters. The van der Waals surface area contributed by atoms with E-state index in [0.717, 1.165) is 122 Å². The van der Waals surface area contributed by atoms with Gasteiger partial charge in [-0.2, -0.15) is 0 Å². The molecule has 0 saturated heterocycles. The predicted molar refractivity (Wildman–Crippen MR) is 284 cm³/mol. The van der Waals surface area contributed by atoms with E-state index < -0.39 is 6.10 Å². The van der Waals surface area contributed by atoms with Gasteiger partial charge in [-0.25, -0.2) is 0 Å². The number of allylic oxidation sites excluding steroid dienone is 10. The molecule has 0 aromatic rings. The van der Waals surface area contributed by atoms with Crippen LogP contribution in [0.3, 0.4) is 0 Å². The SMILES string of the molecule is CC/C=C\C/C=C\C/C=C\CCCCCCCC(=O)OC(COC(=O)CCCCCCC/C=C\C/C=C\CCC)COC(=O)CCCCCCCCCCCCCCCCCCCCCC. The Balaban J connectivity index is 4.34. The van der Waals surface area contributed by atoms with Gasteiger partial charge in [-0.15, -0.1) is 0 Å². The maximum atomic E-state index is 12.8. The molecule has 0 saturated carbocycles. The first-order valence-corrected chi connectivity index (χ1v) is 28.3. The molecule has 382 valence electrons. The van der Waals surface area contributed by atoms with E-state index in [2.05, 4.69) is 81.5 Å². The van der Waals surface area contributed by atoms with Gasteiger partial charge in [0.1, 0.15) is 13.2 Å². The van der Waals surface area contributed by atoms with Crippen LogP contribution in [0, 0.1) is 0 Å². The summed E-state index contributed by atoms with van der Waals surface area (Å²) in [5, 5.41) is 0. The normalized spacial score (nSPS) is 12.5. The van der Waals surface area contributed by atoms with Gasteiger partial charge in [0.05, 0.1) is 0 Å². The van der Waals surface area contributed by atoms with E-state index in [0.29, 0.717) is 19.3 Å². The summed E-state index contributed by atoms with van der Waals surface area (Å²) >= 11 is 0. The molecule has 0 fully saturated rings. The van der Waals surface area contributed by atoms with Gasteiger partial charge in [0.2, 0.25) is 0 Å². The highest BCUT2D eigenvalue weighted by molar-refractivity contribution is 5.71. The monoisotopic (exact) mass is 923 g/mol. The molecule has 0 aromatic carbocycles. The van der Waals surface area contributed by atoms with E-state index in [1.807, 2.05) is 0 Å². The van der Waals surface area contributed by atoms with Crippen molar-refractivity contribution in [3.05, 3.63) is 60.8 Å². The molecule has 0 bridgehead atoms. The minimum atomic E-state index is -0.787. The van der Waals surface area contributed by atoms with Crippen molar-refractivity contribution in [2.24, 2.45) is 0 Å². The summed E-state index contributed by atoms with van der Waals surface area (Å²) in [4.78, 5) is 38.1. The van der Waals surface area contributed by atoms with Crippen molar-refractivity contribution in [1.29, 1.82) is 0 Å². The molecule has 0 N–H and O–H groups in total. The summed E-state index contributed by atoms with van der Waals surface area (Å²) in [6.07, 6.45) is 67.9. The molecule has 6 nitrogen and oxygen atoms in total. The molecule has 0 aromatic heterocycles. The van der Waals surface area contributed by atoms with Crippen LogP contribution >= 0.6 is 0 Å². The van der Waals surface area contributed by atoms with Crippen molar-refractivity contribution >= 4 is 17.9 Å². The highest BCUT2D eigenvalue weighted by Gasteiger charge is 2.19. The maximum Gasteiger partial charge on any atom is 0.306 e. The van der Waals surface area contributed by atoms with Crippen molar-refractivity contribution in [1.82, 2.24) is 0 Å². The molecule has 0 aliphatic carbocycles. The largest absolute Gasteiger partial charge is 0.462 e. The molecular formula is C60H106O6. The van der Waals surface area contributed by atoms with Crippen LogP contribution in [0.25, 0.3) is 0 Å². The highest BCUT2D eigenvalue weighted by atomic mass is 16.6. The quantitative estimate of drug-likeness (QED) is 0.0262. The third-order valence-corrected chi connectivity index (χ3v) is 12.2. The van der Waals surface area contributed by atoms with Gasteiger partial charge in [0, 0.05) is 19.3 Å². The van der Waals surface area contributed by atoms with Crippen molar-refractivity contribution in [2.75, 3.05) is 13.2 Å². The minimum absolute atomic E-state index is 0.0836. The lowest BCUT2D eigenvalue weighted by molar-refractivity contribution is -0.167. The van der Waals surface area contributed by atoms with Crippen LogP contribution in [-0.2, 0) is 28.6 Å². The second-order valence-corrected chi connectivity index (χ2v) is 18.8. The number of carbonyl (C=O) groups is 3. The fraction of sp³-hybridized carbons (Fsp3) is 0.783. The Kier molecular flexibility index (Phi) is 52.3. The fourth-order valence-electron chi connectivity index (χ4n) is 8.03. The van der Waals surface area contributed by atoms with E-state index in [-0.39, 0.29) is 31.1 Å². The van der Waals surface area contributed by atoms with Gasteiger partial charge < -0.3 is 14.2 Å². The van der Waals surface area contributed by atoms with Crippen LogP contribution in [0.1, 0.15) is 284 Å². The topological polar surface area (TPSA) is 78.9 Å². The van der Waals surface area contributed by atoms with Gasteiger partial charge in [0.25, 0.3) is 0 Å². The minimum Gasteiger partial charge on any atom is -0.462 e. The summed E-state index contributed by atoms with van der Waals surface area (Å²) in [5.41, 5.74) is 0. The van der Waals surface area contributed by atoms with E-state index in [1.165, 1.54) is 122 Å². The molecule has 0 amide bonds. The fourth-order valence-corrected chi connectivity index (χ4v) is 8.03. The first-order chi connectivity index (χ1) is 32.5. The first kappa shape index (κ1) is 63.1. The number of esters is 3. The van der Waals surface area contributed by atoms with Crippen LogP contribution < -0.4 is 0 Å². The maximum absolute atomic E-state index is 12.8. The summed E-state index contributed by atoms with van der Waals surface area (Å²) < 4.78 is 16.8. The van der Waals surface area contributed by atoms with Gasteiger partial charge in [-0.3, -0.25) is 14.4 Å². The third-order valence-electron chi connectivity index (χ3n) is 12.2. The molecular weight excluding hydrogens is 817 g/mol. The average Bonchev–Trinajstić information content (AvgIpc) is 3.31. The van der Waals surface area contributed by atoms with Gasteiger partial charge in [-0.05, 0) is 77.0 Å². The zero-order valence-electron chi connectivity index (χ0n) is 43.7. The van der Waals surface area contributed by atoms with Crippen LogP contribution in [0.2, 0.25) is 0 Å². The molecule has 0 radical (unpaired) electrons. The molecule has 0 rings (SSSR count). The molecule has 0 aliphatic heterocycles. The van der Waals surface area contributed by atoms with Crippen molar-refractivity contribution in [3.8, 4) is 0 Å². The second kappa shape index (κ2) is 54.7. The third kappa shape index (κ3) is 52.1. The van der Waals surface area contributed by atoms with Crippen molar-refractivity contribution in [2.45, 2.75) is 290 Å². The van der Waals surface area contributed by atoms with Gasteiger partial charge >= 0.3 is 17.9 Å². The van der Waals surface area contributed by atoms with Crippen molar-refractivity contribution < 1.29 is 28.6 Å². The smallest absolute Gasteiger partial charge is 0.306 e. The van der Waals surface area contributed by atoms with Crippen LogP contribution in [0.5, 0.6) is 0 Å². The van der Waals surface area contributed by atoms with E-state index in [4.69, 9.17) is 14.2 Å². The Morgan fingerprint density at radius 1 is 0.318 bits per heavy atom. The van der Waals surface area contributed by atoms with Crippen molar-refractivity contribution in [3.63, 3.8) is 0 Å². The van der Waals surface area contributed by atoms with Crippen LogP contribution in [-0.4, -0.2) is 37.2 Å². The molecule has 0 heterocycles. The highest BCUT2D eigenvalue weighted by Crippen LogP contribution is 2.16. The van der Waals surface area contributed by atoms with Gasteiger partial charge in [-0.1, -0.05) is 248 Å². The number of rotatable bonds is 51. The Bertz CT molecular complexity index is 1200. The first-order valence-electron chi connectivity index (χ1n) is 28.3. The number of hydrogen-bond donors (Lipinski definition) is 0. The molecule has 66 heavy (non-hydrogen) atoms. The Morgan fingerprint density at radius 2 is 0.621 bits per heavy atom. The summed E-state index contributed by atoms with van der Waals surface area (Å²) in [5.74, 6) is -0.905. The molecule has 0 aliphatic rings. The Labute approximate surface area is 409 Å². The Hall–Kier alpha value is -2.89. The van der Waals surface area contributed by atoms with Crippen LogP contribution in [0.4, 0.5) is 0 Å². The Morgan fingerprint density at radius 3 is 0.985 bits per heavy atom. The number of unbranched alkanes of at least 4 members (excludes halogenated alkanes) is 30. The second-order valence-electron chi connectivity index (χ2n) is 18.8. The molecule has 6 heteroatoms. The predicted octanol–water partition coefficient (Wildman–Crippen LogP) is 18.8. The number of hydrogen-bond acceptors (Lipinski definition) is 6. The molecule has 0 spiro atoms. The van der Waals surface area contributed by atoms with E-state index >= 15 is 0 Å². The summed E-state index contributed by atoms with van der Waals surface area (Å²) in [6, 6.07) is 0. The standard InChI is InChI=1S/C60H106O6/c1-4-7-10-13-16-19-22-25-27-28-29-30-31-33-35-38-41-44-47-50-53-59(62)65-56-57(55-64-58(61)52-49-46-43-40-37-34-24-21-18-15-12-9-6-3)66-60(63)54-51-48-45-42-39-36-32-26-23-20-17-14-11-8-5-2/h8,11-12,15,17,20-21,24,26,32,57H,4-7,9-10,13-14,16,18-19,22-23,25,27-31,33-56H2,1-3H3/b11-8-,15-12-,20-17-,24-21-,32-26-. The average molecular weight is 924 g/mol. The lowest BCUT2D eigenvalue weighted by Gasteiger charge is -2.18.